The van der Waals surface area contributed by atoms with E-state index in [0.717, 1.165) is 0 Å². The van der Waals surface area contributed by atoms with Gasteiger partial charge in [0.05, 0.1) is 6.61 Å². The van der Waals surface area contributed by atoms with Crippen LogP contribution in [0.3, 0.4) is 0 Å². The number of nitrogens with zero attached hydrogens (tertiary/aromatic N) is 2. The molecule has 90 valence electrons. The summed E-state index contributed by atoms with van der Waals surface area (Å²) in [4.78, 5) is 23.0. The van der Waals surface area contributed by atoms with Crippen LogP contribution in [-0.4, -0.2) is 34.8 Å². The first-order chi connectivity index (χ1) is 7.54. The van der Waals surface area contributed by atoms with Gasteiger partial charge in [0.25, 0.3) is 0 Å². The van der Waals surface area contributed by atoms with Gasteiger partial charge in [-0.25, -0.2) is 4.79 Å². The highest BCUT2D eigenvalue weighted by Crippen LogP contribution is 1.86. The zero-order valence-corrected chi connectivity index (χ0v) is 9.77. The molecule has 1 N–H and O–H groups in total. The maximum Gasteiger partial charge on any atom is 0.328 e. The Hall–Kier alpha value is -1.56. The van der Waals surface area contributed by atoms with E-state index in [2.05, 4.69) is 5.32 Å². The predicted molar refractivity (Wildman–Crippen MR) is 59.2 cm³/mol. The van der Waals surface area contributed by atoms with Crippen molar-refractivity contribution in [2.45, 2.75) is 19.5 Å². The summed E-state index contributed by atoms with van der Waals surface area (Å²) < 4.78 is 7.67. The van der Waals surface area contributed by atoms with Gasteiger partial charge >= 0.3 is 5.69 Å². The third-order valence-electron chi connectivity index (χ3n) is 2.16. The van der Waals surface area contributed by atoms with Crippen LogP contribution >= 0.6 is 0 Å². The van der Waals surface area contributed by atoms with Crippen molar-refractivity contribution in [2.75, 3.05) is 13.7 Å². The van der Waals surface area contributed by atoms with Crippen molar-refractivity contribution in [1.29, 1.82) is 0 Å². The molecule has 1 unspecified atom stereocenters. The average Bonchev–Trinajstić information content (AvgIpc) is 2.50. The molecule has 0 saturated carbocycles. The summed E-state index contributed by atoms with van der Waals surface area (Å²) in [6, 6.07) is -0.0584. The Morgan fingerprint density at radius 3 is 2.75 bits per heavy atom. The molecule has 1 atom stereocenters. The summed E-state index contributed by atoms with van der Waals surface area (Å²) in [6.45, 7) is 2.33. The fourth-order valence-corrected chi connectivity index (χ4v) is 1.40. The highest BCUT2D eigenvalue weighted by Gasteiger charge is 2.09. The van der Waals surface area contributed by atoms with Gasteiger partial charge in [-0.15, -0.1) is 0 Å². The highest BCUT2D eigenvalue weighted by atomic mass is 16.5. The number of hydrogen-bond donors (Lipinski definition) is 1. The van der Waals surface area contributed by atoms with Crippen LogP contribution < -0.4 is 11.0 Å². The summed E-state index contributed by atoms with van der Waals surface area (Å²) >= 11 is 0. The van der Waals surface area contributed by atoms with Crippen LogP contribution in [0.1, 0.15) is 6.92 Å². The summed E-state index contributed by atoms with van der Waals surface area (Å²) in [7, 11) is 3.22. The van der Waals surface area contributed by atoms with E-state index >= 15 is 0 Å². The summed E-state index contributed by atoms with van der Waals surface area (Å²) in [5.41, 5.74) is -0.199. The van der Waals surface area contributed by atoms with Gasteiger partial charge in [0, 0.05) is 32.6 Å². The minimum absolute atomic E-state index is 0.0354. The number of imidazole rings is 1. The standard InChI is InChI=1S/C10H17N3O3/c1-8(7-16-3)11-9(14)6-13-5-4-12(2)10(13)15/h4-5,8H,6-7H2,1-3H3,(H,11,14). The molecule has 0 aliphatic heterocycles. The number of carbonyl (C=O) groups excluding carboxylic acids is 1. The van der Waals surface area contributed by atoms with E-state index in [1.807, 2.05) is 6.92 Å². The van der Waals surface area contributed by atoms with Gasteiger partial charge in [0.15, 0.2) is 0 Å². The number of methoxy groups -OCH3 is 1. The van der Waals surface area contributed by atoms with Crippen molar-refractivity contribution in [3.05, 3.63) is 22.9 Å². The van der Waals surface area contributed by atoms with E-state index in [4.69, 9.17) is 4.74 Å². The Morgan fingerprint density at radius 1 is 1.56 bits per heavy atom. The van der Waals surface area contributed by atoms with Crippen LogP contribution in [0.25, 0.3) is 0 Å². The molecule has 0 bridgehead atoms. The maximum atomic E-state index is 11.5. The number of ether oxygens (including phenoxy) is 1. The second kappa shape index (κ2) is 5.50. The van der Waals surface area contributed by atoms with Crippen molar-refractivity contribution < 1.29 is 9.53 Å². The first-order valence-corrected chi connectivity index (χ1v) is 5.04. The molecule has 1 aromatic heterocycles. The lowest BCUT2D eigenvalue weighted by Crippen LogP contribution is -2.39. The maximum absolute atomic E-state index is 11.5. The quantitative estimate of drug-likeness (QED) is 0.726. The Labute approximate surface area is 93.8 Å². The van der Waals surface area contributed by atoms with E-state index in [-0.39, 0.29) is 24.2 Å². The molecule has 0 aromatic carbocycles. The second-order valence-corrected chi connectivity index (χ2v) is 3.74. The summed E-state index contributed by atoms with van der Waals surface area (Å²) in [6.07, 6.45) is 3.21. The number of carbonyl (C=O) groups is 1. The van der Waals surface area contributed by atoms with Crippen molar-refractivity contribution in [2.24, 2.45) is 7.05 Å². The molecular formula is C10H17N3O3. The van der Waals surface area contributed by atoms with Gasteiger partial charge in [-0.2, -0.15) is 0 Å². The molecule has 1 amide bonds. The van der Waals surface area contributed by atoms with Gasteiger partial charge < -0.3 is 14.6 Å². The number of aromatic nitrogens is 2. The number of hydrogen-bond acceptors (Lipinski definition) is 3. The number of amides is 1. The van der Waals surface area contributed by atoms with E-state index in [1.165, 1.54) is 9.13 Å². The molecule has 1 heterocycles. The molecule has 0 fully saturated rings. The van der Waals surface area contributed by atoms with Crippen LogP contribution in [0, 0.1) is 0 Å². The van der Waals surface area contributed by atoms with Crippen LogP contribution in [-0.2, 0) is 23.1 Å². The first-order valence-electron chi connectivity index (χ1n) is 5.04. The number of nitrogens with one attached hydrogen (secondary N) is 1. The van der Waals surface area contributed by atoms with E-state index in [9.17, 15) is 9.59 Å². The molecule has 0 aliphatic rings. The third kappa shape index (κ3) is 3.23. The molecule has 0 aliphatic carbocycles. The normalized spacial score (nSPS) is 12.4. The Kier molecular flexibility index (Phi) is 4.30. The van der Waals surface area contributed by atoms with Crippen molar-refractivity contribution in [1.82, 2.24) is 14.5 Å². The van der Waals surface area contributed by atoms with Gasteiger partial charge in [0.2, 0.25) is 5.91 Å². The number of aryl methyl sites for hydroxylation is 1. The highest BCUT2D eigenvalue weighted by molar-refractivity contribution is 5.75. The van der Waals surface area contributed by atoms with Crippen LogP contribution in [0.2, 0.25) is 0 Å². The zero-order chi connectivity index (χ0) is 12.1. The van der Waals surface area contributed by atoms with Crippen molar-refractivity contribution >= 4 is 5.91 Å². The molecule has 0 radical (unpaired) electrons. The molecule has 6 heteroatoms. The predicted octanol–water partition coefficient (Wildman–Crippen LogP) is -0.662. The van der Waals surface area contributed by atoms with Gasteiger partial charge in [-0.05, 0) is 6.92 Å². The fourth-order valence-electron chi connectivity index (χ4n) is 1.40. The summed E-state index contributed by atoms with van der Waals surface area (Å²) in [5.74, 6) is -0.196. The Morgan fingerprint density at radius 2 is 2.25 bits per heavy atom. The van der Waals surface area contributed by atoms with E-state index < -0.39 is 0 Å². The largest absolute Gasteiger partial charge is 0.383 e. The molecule has 0 saturated heterocycles. The molecule has 1 aromatic rings. The molecule has 1 rings (SSSR count). The summed E-state index contributed by atoms with van der Waals surface area (Å²) in [5, 5.41) is 2.73. The SMILES string of the molecule is COCC(C)NC(=O)Cn1ccn(C)c1=O. The van der Waals surface area contributed by atoms with Crippen LogP contribution in [0.5, 0.6) is 0 Å². The number of rotatable bonds is 5. The molecule has 16 heavy (non-hydrogen) atoms. The Bertz CT molecular complexity index is 408. The molecular weight excluding hydrogens is 210 g/mol. The third-order valence-corrected chi connectivity index (χ3v) is 2.16. The lowest BCUT2D eigenvalue weighted by Gasteiger charge is -2.12. The molecule has 6 nitrogen and oxygen atoms in total. The van der Waals surface area contributed by atoms with Crippen molar-refractivity contribution in [3.63, 3.8) is 0 Å². The van der Waals surface area contributed by atoms with Crippen molar-refractivity contribution in [3.8, 4) is 0 Å². The lowest BCUT2D eigenvalue weighted by atomic mass is 10.3. The van der Waals surface area contributed by atoms with Crippen LogP contribution in [0.15, 0.2) is 17.2 Å². The topological polar surface area (TPSA) is 65.3 Å². The minimum atomic E-state index is -0.199. The second-order valence-electron chi connectivity index (χ2n) is 3.74. The minimum Gasteiger partial charge on any atom is -0.383 e. The lowest BCUT2D eigenvalue weighted by molar-refractivity contribution is -0.122. The fraction of sp³-hybridized carbons (Fsp3) is 0.600. The Balaban J connectivity index is 2.52. The van der Waals surface area contributed by atoms with Crippen LogP contribution in [0.4, 0.5) is 0 Å². The zero-order valence-electron chi connectivity index (χ0n) is 9.77. The van der Waals surface area contributed by atoms with E-state index in [1.54, 1.807) is 26.6 Å². The average molecular weight is 227 g/mol. The van der Waals surface area contributed by atoms with E-state index in [0.29, 0.717) is 6.61 Å². The molecule has 0 spiro atoms. The van der Waals surface area contributed by atoms with Gasteiger partial charge in [0.1, 0.15) is 6.54 Å². The van der Waals surface area contributed by atoms with Gasteiger partial charge in [-0.1, -0.05) is 0 Å². The first kappa shape index (κ1) is 12.5. The van der Waals surface area contributed by atoms with Gasteiger partial charge in [-0.3, -0.25) is 9.36 Å². The smallest absolute Gasteiger partial charge is 0.328 e. The monoisotopic (exact) mass is 227 g/mol.